The lowest BCUT2D eigenvalue weighted by molar-refractivity contribution is 0.881. The molecule has 0 aliphatic rings. The predicted molar refractivity (Wildman–Crippen MR) is 54.6 cm³/mol. The first kappa shape index (κ1) is 8.52. The molecule has 0 aliphatic heterocycles. The highest BCUT2D eigenvalue weighted by Gasteiger charge is 2.00. The average Bonchev–Trinajstić information content (AvgIpc) is 2.71. The van der Waals surface area contributed by atoms with Gasteiger partial charge in [-0.05, 0) is 30.7 Å². The van der Waals surface area contributed by atoms with Gasteiger partial charge >= 0.3 is 0 Å². The van der Waals surface area contributed by atoms with Crippen LogP contribution in [0.15, 0.2) is 36.7 Å². The Kier molecular flexibility index (Phi) is 2.04. The predicted octanol–water partition coefficient (Wildman–Crippen LogP) is 2.73. The van der Waals surface area contributed by atoms with Crippen molar-refractivity contribution in [2.24, 2.45) is 0 Å². The van der Waals surface area contributed by atoms with Crippen LogP contribution >= 0.6 is 0 Å². The molecule has 3 heteroatoms. The van der Waals surface area contributed by atoms with Crippen molar-refractivity contribution in [1.82, 2.24) is 9.78 Å². The molecule has 0 radical (unpaired) electrons. The first-order valence-electron chi connectivity index (χ1n) is 4.29. The van der Waals surface area contributed by atoms with Crippen LogP contribution < -0.4 is 0 Å². The van der Waals surface area contributed by atoms with Gasteiger partial charge in [0.25, 0.3) is 0 Å². The minimum atomic E-state index is 0.679. The fraction of sp³-hybridized carbons (Fsp3) is 0.0909. The van der Waals surface area contributed by atoms with E-state index in [1.165, 1.54) is 0 Å². The maximum Gasteiger partial charge on any atom is 0.192 e. The first-order valence-corrected chi connectivity index (χ1v) is 4.29. The largest absolute Gasteiger partial charge is 0.242 e. The Balaban J connectivity index is 2.53. The molecule has 68 valence electrons. The van der Waals surface area contributed by atoms with E-state index in [0.717, 1.165) is 11.3 Å². The van der Waals surface area contributed by atoms with Crippen molar-refractivity contribution in [3.63, 3.8) is 0 Å². The average molecular weight is 183 g/mol. The Morgan fingerprint density at radius 2 is 2.29 bits per heavy atom. The quantitative estimate of drug-likeness (QED) is 0.623. The number of aryl methyl sites for hydroxylation is 1. The molecule has 0 saturated carbocycles. The van der Waals surface area contributed by atoms with Crippen LogP contribution in [0.1, 0.15) is 5.56 Å². The maximum atomic E-state index is 7.00. The number of hydrogen-bond donors (Lipinski definition) is 0. The summed E-state index contributed by atoms with van der Waals surface area (Å²) in [6.45, 7) is 8.93. The Morgan fingerprint density at radius 3 is 2.93 bits per heavy atom. The van der Waals surface area contributed by atoms with E-state index in [1.807, 2.05) is 37.4 Å². The fourth-order valence-corrected chi connectivity index (χ4v) is 1.28. The lowest BCUT2D eigenvalue weighted by atomic mass is 10.2. The van der Waals surface area contributed by atoms with Gasteiger partial charge in [-0.15, -0.1) is 0 Å². The first-order chi connectivity index (χ1) is 6.81. The van der Waals surface area contributed by atoms with Crippen LogP contribution in [0, 0.1) is 13.5 Å². The normalized spacial score (nSPS) is 9.71. The SMILES string of the molecule is [C-]#[N+]c1cc(-n2cccn2)ccc1C. The molecule has 0 unspecified atom stereocenters. The van der Waals surface area contributed by atoms with E-state index in [-0.39, 0.29) is 0 Å². The third kappa shape index (κ3) is 1.38. The monoisotopic (exact) mass is 183 g/mol. The molecule has 0 spiro atoms. The number of nitrogens with zero attached hydrogens (tertiary/aromatic N) is 3. The van der Waals surface area contributed by atoms with Crippen molar-refractivity contribution >= 4 is 5.69 Å². The van der Waals surface area contributed by atoms with E-state index in [1.54, 1.807) is 10.9 Å². The lowest BCUT2D eigenvalue weighted by Gasteiger charge is -2.03. The van der Waals surface area contributed by atoms with Crippen molar-refractivity contribution in [2.75, 3.05) is 0 Å². The van der Waals surface area contributed by atoms with Crippen molar-refractivity contribution in [3.8, 4) is 5.69 Å². The fourth-order valence-electron chi connectivity index (χ4n) is 1.28. The summed E-state index contributed by atoms with van der Waals surface area (Å²) in [7, 11) is 0. The van der Waals surface area contributed by atoms with Crippen LogP contribution in [0.4, 0.5) is 5.69 Å². The van der Waals surface area contributed by atoms with Gasteiger partial charge < -0.3 is 0 Å². The van der Waals surface area contributed by atoms with Crippen LogP contribution in [0.5, 0.6) is 0 Å². The summed E-state index contributed by atoms with van der Waals surface area (Å²) in [6, 6.07) is 7.59. The molecule has 0 saturated heterocycles. The van der Waals surface area contributed by atoms with Gasteiger partial charge in [0.05, 0.1) is 12.3 Å². The minimum Gasteiger partial charge on any atom is -0.242 e. The van der Waals surface area contributed by atoms with Crippen molar-refractivity contribution in [3.05, 3.63) is 53.6 Å². The zero-order valence-electron chi connectivity index (χ0n) is 7.81. The van der Waals surface area contributed by atoms with Crippen molar-refractivity contribution in [1.29, 1.82) is 0 Å². The van der Waals surface area contributed by atoms with Gasteiger partial charge in [-0.2, -0.15) is 5.10 Å². The zero-order chi connectivity index (χ0) is 9.97. The van der Waals surface area contributed by atoms with Crippen LogP contribution in [0.3, 0.4) is 0 Å². The van der Waals surface area contributed by atoms with Gasteiger partial charge in [0.2, 0.25) is 0 Å². The molecule has 0 amide bonds. The summed E-state index contributed by atoms with van der Waals surface area (Å²) >= 11 is 0. The summed E-state index contributed by atoms with van der Waals surface area (Å²) in [5, 5.41) is 4.11. The Bertz CT molecular complexity index is 478. The smallest absolute Gasteiger partial charge is 0.192 e. The second-order valence-corrected chi connectivity index (χ2v) is 3.03. The van der Waals surface area contributed by atoms with E-state index in [9.17, 15) is 0 Å². The number of benzene rings is 1. The third-order valence-corrected chi connectivity index (χ3v) is 2.08. The van der Waals surface area contributed by atoms with E-state index >= 15 is 0 Å². The second-order valence-electron chi connectivity index (χ2n) is 3.03. The lowest BCUT2D eigenvalue weighted by Crippen LogP contribution is -1.93. The van der Waals surface area contributed by atoms with Gasteiger partial charge in [0, 0.05) is 12.4 Å². The van der Waals surface area contributed by atoms with Crippen molar-refractivity contribution in [2.45, 2.75) is 6.92 Å². The van der Waals surface area contributed by atoms with Crippen LogP contribution in [-0.4, -0.2) is 9.78 Å². The summed E-state index contributed by atoms with van der Waals surface area (Å²) in [4.78, 5) is 3.45. The summed E-state index contributed by atoms with van der Waals surface area (Å²) in [6.07, 6.45) is 3.58. The standard InChI is InChI=1S/C11H9N3/c1-9-4-5-10(8-11(9)12-2)14-7-3-6-13-14/h3-8H,1H3. The molecule has 0 atom stereocenters. The highest BCUT2D eigenvalue weighted by Crippen LogP contribution is 2.21. The molecule has 14 heavy (non-hydrogen) atoms. The second kappa shape index (κ2) is 3.35. The molecule has 0 N–H and O–H groups in total. The van der Waals surface area contributed by atoms with Crippen LogP contribution in [0.2, 0.25) is 0 Å². The zero-order valence-corrected chi connectivity index (χ0v) is 7.81. The molecule has 3 nitrogen and oxygen atoms in total. The molecular weight excluding hydrogens is 174 g/mol. The molecular formula is C11H9N3. The number of aromatic nitrogens is 2. The van der Waals surface area contributed by atoms with E-state index in [4.69, 9.17) is 6.57 Å². The molecule has 0 fully saturated rings. The van der Waals surface area contributed by atoms with Gasteiger partial charge in [-0.25, -0.2) is 9.53 Å². The number of rotatable bonds is 1. The molecule has 2 rings (SSSR count). The highest BCUT2D eigenvalue weighted by atomic mass is 15.3. The highest BCUT2D eigenvalue weighted by molar-refractivity contribution is 5.57. The van der Waals surface area contributed by atoms with E-state index < -0.39 is 0 Å². The topological polar surface area (TPSA) is 22.2 Å². The summed E-state index contributed by atoms with van der Waals surface area (Å²) in [5.74, 6) is 0. The third-order valence-electron chi connectivity index (χ3n) is 2.08. The Labute approximate surface area is 82.4 Å². The summed E-state index contributed by atoms with van der Waals surface area (Å²) in [5.41, 5.74) is 2.60. The van der Waals surface area contributed by atoms with E-state index in [2.05, 4.69) is 9.94 Å². The van der Waals surface area contributed by atoms with Gasteiger partial charge in [0.1, 0.15) is 0 Å². The van der Waals surface area contributed by atoms with Crippen LogP contribution in [0.25, 0.3) is 10.5 Å². The molecule has 1 heterocycles. The number of hydrogen-bond acceptors (Lipinski definition) is 1. The summed E-state index contributed by atoms with van der Waals surface area (Å²) < 4.78 is 1.74. The van der Waals surface area contributed by atoms with Gasteiger partial charge in [-0.1, -0.05) is 6.07 Å². The van der Waals surface area contributed by atoms with Crippen LogP contribution in [-0.2, 0) is 0 Å². The van der Waals surface area contributed by atoms with Gasteiger partial charge in [-0.3, -0.25) is 0 Å². The Hall–Kier alpha value is -2.08. The molecule has 0 aliphatic carbocycles. The molecule has 1 aromatic heterocycles. The van der Waals surface area contributed by atoms with E-state index in [0.29, 0.717) is 5.69 Å². The van der Waals surface area contributed by atoms with Crippen molar-refractivity contribution < 1.29 is 0 Å². The van der Waals surface area contributed by atoms with Gasteiger partial charge in [0.15, 0.2) is 5.69 Å². The minimum absolute atomic E-state index is 0.679. The Morgan fingerprint density at radius 1 is 1.43 bits per heavy atom. The molecule has 1 aromatic carbocycles. The maximum absolute atomic E-state index is 7.00. The molecule has 2 aromatic rings. The molecule has 0 bridgehead atoms.